The fourth-order valence-corrected chi connectivity index (χ4v) is 3.80. The van der Waals surface area contributed by atoms with Crippen LogP contribution < -0.4 is 5.32 Å². The van der Waals surface area contributed by atoms with Crippen LogP contribution in [0.15, 0.2) is 0 Å². The van der Waals surface area contributed by atoms with Crippen molar-refractivity contribution in [1.29, 1.82) is 0 Å². The summed E-state index contributed by atoms with van der Waals surface area (Å²) in [6.45, 7) is 3.53. The summed E-state index contributed by atoms with van der Waals surface area (Å²) in [6, 6.07) is 0.312. The van der Waals surface area contributed by atoms with E-state index in [1.54, 1.807) is 0 Å². The topological polar surface area (TPSA) is 69.6 Å². The Labute approximate surface area is 127 Å². The highest BCUT2D eigenvalue weighted by atomic mass is 16.4. The number of carboxylic acid groups (broad SMARTS) is 1. The first kappa shape index (κ1) is 16.1. The first-order chi connectivity index (χ1) is 10.1. The summed E-state index contributed by atoms with van der Waals surface area (Å²) in [4.78, 5) is 25.1. The maximum atomic E-state index is 12.4. The molecule has 5 nitrogen and oxygen atoms in total. The zero-order valence-electron chi connectivity index (χ0n) is 13.0. The zero-order valence-corrected chi connectivity index (χ0v) is 13.0. The second-order valence-electron chi connectivity index (χ2n) is 6.56. The van der Waals surface area contributed by atoms with E-state index in [4.69, 9.17) is 5.11 Å². The number of nitrogens with zero attached hydrogens (tertiary/aromatic N) is 1. The number of hydrogen-bond donors (Lipinski definition) is 2. The van der Waals surface area contributed by atoms with Crippen LogP contribution in [0.1, 0.15) is 58.3 Å². The van der Waals surface area contributed by atoms with Crippen LogP contribution in [0.3, 0.4) is 0 Å². The van der Waals surface area contributed by atoms with E-state index in [0.29, 0.717) is 18.5 Å². The molecule has 1 heterocycles. The third-order valence-corrected chi connectivity index (χ3v) is 5.01. The highest BCUT2D eigenvalue weighted by molar-refractivity contribution is 5.75. The number of carbonyl (C=O) groups is 2. The van der Waals surface area contributed by atoms with Gasteiger partial charge < -0.3 is 15.3 Å². The molecule has 0 radical (unpaired) electrons. The minimum absolute atomic E-state index is 0.00967. The molecule has 21 heavy (non-hydrogen) atoms. The van der Waals surface area contributed by atoms with Gasteiger partial charge in [0.1, 0.15) is 0 Å². The van der Waals surface area contributed by atoms with Crippen LogP contribution in [0.2, 0.25) is 0 Å². The Kier molecular flexibility index (Phi) is 5.88. The lowest BCUT2D eigenvalue weighted by Crippen LogP contribution is -2.51. The molecule has 0 spiro atoms. The van der Waals surface area contributed by atoms with Gasteiger partial charge in [-0.2, -0.15) is 0 Å². The van der Waals surface area contributed by atoms with Crippen molar-refractivity contribution >= 4 is 12.0 Å². The summed E-state index contributed by atoms with van der Waals surface area (Å²) in [5, 5.41) is 12.1. The molecule has 2 amide bonds. The normalized spacial score (nSPS) is 30.0. The molecule has 3 unspecified atom stereocenters. The second kappa shape index (κ2) is 7.66. The Morgan fingerprint density at radius 1 is 1.19 bits per heavy atom. The molecule has 0 aromatic heterocycles. The molecular formula is C16H28N2O3. The van der Waals surface area contributed by atoms with Crippen LogP contribution in [-0.4, -0.2) is 41.1 Å². The van der Waals surface area contributed by atoms with Gasteiger partial charge in [0.15, 0.2) is 0 Å². The summed E-state index contributed by atoms with van der Waals surface area (Å²) < 4.78 is 0. The van der Waals surface area contributed by atoms with E-state index < -0.39 is 5.97 Å². The van der Waals surface area contributed by atoms with Crippen LogP contribution in [0, 0.1) is 11.8 Å². The van der Waals surface area contributed by atoms with Crippen molar-refractivity contribution < 1.29 is 14.7 Å². The highest BCUT2D eigenvalue weighted by Gasteiger charge is 2.29. The van der Waals surface area contributed by atoms with Gasteiger partial charge in [0.25, 0.3) is 0 Å². The van der Waals surface area contributed by atoms with Gasteiger partial charge in [-0.25, -0.2) is 4.79 Å². The molecule has 2 N–H and O–H groups in total. The van der Waals surface area contributed by atoms with Gasteiger partial charge in [0, 0.05) is 25.6 Å². The quantitative estimate of drug-likeness (QED) is 0.838. The monoisotopic (exact) mass is 296 g/mol. The lowest BCUT2D eigenvalue weighted by molar-refractivity contribution is -0.138. The number of aliphatic carboxylic acids is 1. The minimum Gasteiger partial charge on any atom is -0.481 e. The third-order valence-electron chi connectivity index (χ3n) is 5.01. The number of likely N-dealkylation sites (tertiary alicyclic amines) is 1. The summed E-state index contributed by atoms with van der Waals surface area (Å²) in [5.74, 6) is -0.0572. The van der Waals surface area contributed by atoms with Crippen molar-refractivity contribution in [2.24, 2.45) is 11.8 Å². The largest absolute Gasteiger partial charge is 0.481 e. The first-order valence-electron chi connectivity index (χ1n) is 8.37. The van der Waals surface area contributed by atoms with E-state index in [1.807, 2.05) is 4.90 Å². The van der Waals surface area contributed by atoms with Crippen molar-refractivity contribution in [3.05, 3.63) is 0 Å². The Balaban J connectivity index is 1.85. The number of carbonyl (C=O) groups excluding carboxylic acids is 1. The number of hydrogen-bond acceptors (Lipinski definition) is 2. The lowest BCUT2D eigenvalue weighted by atomic mass is 9.83. The van der Waals surface area contributed by atoms with Gasteiger partial charge in [-0.05, 0) is 37.5 Å². The van der Waals surface area contributed by atoms with Gasteiger partial charge >= 0.3 is 12.0 Å². The molecule has 0 aromatic carbocycles. The number of amides is 2. The van der Waals surface area contributed by atoms with Crippen LogP contribution >= 0.6 is 0 Å². The summed E-state index contributed by atoms with van der Waals surface area (Å²) in [5.41, 5.74) is 0. The van der Waals surface area contributed by atoms with Crippen molar-refractivity contribution in [3.63, 3.8) is 0 Å². The average Bonchev–Trinajstić information content (AvgIpc) is 2.47. The van der Waals surface area contributed by atoms with Crippen LogP contribution in [0.5, 0.6) is 0 Å². The zero-order chi connectivity index (χ0) is 15.2. The molecule has 0 aromatic rings. The molecule has 1 aliphatic carbocycles. The molecule has 2 fully saturated rings. The predicted molar refractivity (Wildman–Crippen MR) is 81.1 cm³/mol. The van der Waals surface area contributed by atoms with Gasteiger partial charge in [0.2, 0.25) is 0 Å². The van der Waals surface area contributed by atoms with Gasteiger partial charge in [-0.15, -0.1) is 0 Å². The molecule has 3 atom stereocenters. The molecule has 0 bridgehead atoms. The molecule has 1 saturated heterocycles. The maximum absolute atomic E-state index is 12.4. The fourth-order valence-electron chi connectivity index (χ4n) is 3.80. The third kappa shape index (κ3) is 4.61. The molecular weight excluding hydrogens is 268 g/mol. The van der Waals surface area contributed by atoms with E-state index >= 15 is 0 Å². The first-order valence-corrected chi connectivity index (χ1v) is 8.37. The maximum Gasteiger partial charge on any atom is 0.317 e. The number of carboxylic acids is 1. The summed E-state index contributed by atoms with van der Waals surface area (Å²) >= 11 is 0. The van der Waals surface area contributed by atoms with E-state index in [9.17, 15) is 9.59 Å². The predicted octanol–water partition coefficient (Wildman–Crippen LogP) is 2.85. The number of piperidine rings is 1. The SMILES string of the molecule is CCC1CCCCC1NC(=O)N1CCCC(CC(=O)O)C1. The van der Waals surface area contributed by atoms with E-state index in [1.165, 1.54) is 19.3 Å². The van der Waals surface area contributed by atoms with Crippen LogP contribution in [-0.2, 0) is 4.79 Å². The Hall–Kier alpha value is -1.26. The standard InChI is InChI=1S/C16H28N2O3/c1-2-13-7-3-4-8-14(13)17-16(21)18-9-5-6-12(11-18)10-15(19)20/h12-14H,2-11H2,1H3,(H,17,21)(H,19,20). The van der Waals surface area contributed by atoms with Crippen molar-refractivity contribution in [2.45, 2.75) is 64.3 Å². The van der Waals surface area contributed by atoms with E-state index in [2.05, 4.69) is 12.2 Å². The van der Waals surface area contributed by atoms with Gasteiger partial charge in [-0.1, -0.05) is 26.2 Å². The molecule has 120 valence electrons. The molecule has 1 aliphatic heterocycles. The highest BCUT2D eigenvalue weighted by Crippen LogP contribution is 2.27. The Bertz CT molecular complexity index is 373. The number of nitrogens with one attached hydrogen (secondary N) is 1. The minimum atomic E-state index is -0.763. The van der Waals surface area contributed by atoms with E-state index in [0.717, 1.165) is 32.2 Å². The number of rotatable bonds is 4. The van der Waals surface area contributed by atoms with Crippen LogP contribution in [0.4, 0.5) is 4.79 Å². The molecule has 5 heteroatoms. The average molecular weight is 296 g/mol. The smallest absolute Gasteiger partial charge is 0.317 e. The molecule has 2 aliphatic rings. The number of urea groups is 1. The molecule has 2 rings (SSSR count). The summed E-state index contributed by atoms with van der Waals surface area (Å²) in [7, 11) is 0. The Morgan fingerprint density at radius 3 is 2.67 bits per heavy atom. The molecule has 1 saturated carbocycles. The second-order valence-corrected chi connectivity index (χ2v) is 6.56. The Morgan fingerprint density at radius 2 is 1.95 bits per heavy atom. The lowest BCUT2D eigenvalue weighted by Gasteiger charge is -2.36. The summed E-state index contributed by atoms with van der Waals surface area (Å²) in [6.07, 6.45) is 7.87. The van der Waals surface area contributed by atoms with Crippen LogP contribution in [0.25, 0.3) is 0 Å². The fraction of sp³-hybridized carbons (Fsp3) is 0.875. The van der Waals surface area contributed by atoms with Gasteiger partial charge in [-0.3, -0.25) is 4.79 Å². The van der Waals surface area contributed by atoms with Crippen molar-refractivity contribution in [2.75, 3.05) is 13.1 Å². The van der Waals surface area contributed by atoms with Gasteiger partial charge in [0.05, 0.1) is 0 Å². The van der Waals surface area contributed by atoms with Crippen molar-refractivity contribution in [1.82, 2.24) is 10.2 Å². The van der Waals surface area contributed by atoms with Crippen molar-refractivity contribution in [3.8, 4) is 0 Å². The van der Waals surface area contributed by atoms with E-state index in [-0.39, 0.29) is 18.4 Å².